The molecule has 19 heavy (non-hydrogen) atoms. The second-order valence-electron chi connectivity index (χ2n) is 4.17. The SMILES string of the molecule is C[C@H](c1ccncc1)n1cc(-c2cc(Cl)cs2)nn1. The third kappa shape index (κ3) is 2.52. The first-order valence-electron chi connectivity index (χ1n) is 5.80. The van der Waals surface area contributed by atoms with Crippen molar-refractivity contribution in [3.05, 3.63) is 52.8 Å². The van der Waals surface area contributed by atoms with Crippen LogP contribution in [0.5, 0.6) is 0 Å². The predicted octanol–water partition coefficient (Wildman–Crippen LogP) is 3.66. The van der Waals surface area contributed by atoms with Gasteiger partial charge in [0.25, 0.3) is 0 Å². The smallest absolute Gasteiger partial charge is 0.123 e. The molecule has 0 saturated carbocycles. The third-order valence-corrected chi connectivity index (χ3v) is 4.22. The van der Waals surface area contributed by atoms with Gasteiger partial charge in [0, 0.05) is 17.8 Å². The molecule has 3 heterocycles. The molecule has 3 aromatic heterocycles. The summed E-state index contributed by atoms with van der Waals surface area (Å²) in [5.41, 5.74) is 1.99. The van der Waals surface area contributed by atoms with Crippen molar-refractivity contribution >= 4 is 22.9 Å². The van der Waals surface area contributed by atoms with Gasteiger partial charge in [-0.3, -0.25) is 4.98 Å². The van der Waals surface area contributed by atoms with Gasteiger partial charge >= 0.3 is 0 Å². The Hall–Kier alpha value is -1.72. The van der Waals surface area contributed by atoms with Crippen LogP contribution in [0.1, 0.15) is 18.5 Å². The van der Waals surface area contributed by atoms with Crippen molar-refractivity contribution in [2.45, 2.75) is 13.0 Å². The fraction of sp³-hybridized carbons (Fsp3) is 0.154. The number of rotatable bonds is 3. The topological polar surface area (TPSA) is 43.6 Å². The first-order valence-corrected chi connectivity index (χ1v) is 7.06. The molecule has 0 spiro atoms. The van der Waals surface area contributed by atoms with Gasteiger partial charge in [0.15, 0.2) is 0 Å². The number of aromatic nitrogens is 4. The molecule has 1 atom stereocenters. The molecule has 3 rings (SSSR count). The van der Waals surface area contributed by atoms with E-state index in [1.807, 2.05) is 34.5 Å². The van der Waals surface area contributed by atoms with Crippen LogP contribution in [-0.2, 0) is 0 Å². The minimum atomic E-state index is 0.125. The van der Waals surface area contributed by atoms with Crippen LogP contribution in [0, 0.1) is 0 Å². The van der Waals surface area contributed by atoms with Crippen molar-refractivity contribution in [2.75, 3.05) is 0 Å². The number of halogens is 1. The van der Waals surface area contributed by atoms with Gasteiger partial charge in [-0.1, -0.05) is 16.8 Å². The molecule has 0 N–H and O–H groups in total. The summed E-state index contributed by atoms with van der Waals surface area (Å²) in [4.78, 5) is 5.04. The van der Waals surface area contributed by atoms with Crippen molar-refractivity contribution in [1.29, 1.82) is 0 Å². The number of hydrogen-bond donors (Lipinski definition) is 0. The highest BCUT2D eigenvalue weighted by Gasteiger charge is 2.12. The Labute approximate surface area is 119 Å². The third-order valence-electron chi connectivity index (χ3n) is 2.92. The van der Waals surface area contributed by atoms with Gasteiger partial charge in [-0.15, -0.1) is 16.4 Å². The number of nitrogens with zero attached hydrogens (tertiary/aromatic N) is 4. The maximum absolute atomic E-state index is 5.92. The Morgan fingerprint density at radius 3 is 2.79 bits per heavy atom. The summed E-state index contributed by atoms with van der Waals surface area (Å²) >= 11 is 7.49. The van der Waals surface area contributed by atoms with Crippen LogP contribution in [0.3, 0.4) is 0 Å². The molecule has 96 valence electrons. The van der Waals surface area contributed by atoms with E-state index in [9.17, 15) is 0 Å². The Balaban J connectivity index is 1.89. The van der Waals surface area contributed by atoms with E-state index >= 15 is 0 Å². The fourth-order valence-electron chi connectivity index (χ4n) is 1.82. The molecular formula is C13H11ClN4S. The Morgan fingerprint density at radius 2 is 2.11 bits per heavy atom. The average Bonchev–Trinajstić information content (AvgIpc) is 3.07. The van der Waals surface area contributed by atoms with Crippen LogP contribution >= 0.6 is 22.9 Å². The van der Waals surface area contributed by atoms with Gasteiger partial charge in [-0.05, 0) is 30.7 Å². The molecule has 0 aliphatic rings. The summed E-state index contributed by atoms with van der Waals surface area (Å²) in [6.45, 7) is 2.08. The van der Waals surface area contributed by atoms with Crippen molar-refractivity contribution < 1.29 is 0 Å². The van der Waals surface area contributed by atoms with Gasteiger partial charge < -0.3 is 0 Å². The number of hydrogen-bond acceptors (Lipinski definition) is 4. The quantitative estimate of drug-likeness (QED) is 0.739. The normalized spacial score (nSPS) is 12.5. The highest BCUT2D eigenvalue weighted by Crippen LogP contribution is 2.28. The van der Waals surface area contributed by atoms with Crippen LogP contribution in [0.4, 0.5) is 0 Å². The molecule has 0 amide bonds. The molecule has 0 aromatic carbocycles. The lowest BCUT2D eigenvalue weighted by atomic mass is 10.1. The van der Waals surface area contributed by atoms with E-state index < -0.39 is 0 Å². The Bertz CT molecular complexity index is 677. The average molecular weight is 291 g/mol. The Morgan fingerprint density at radius 1 is 1.32 bits per heavy atom. The van der Waals surface area contributed by atoms with Crippen LogP contribution < -0.4 is 0 Å². The molecule has 4 nitrogen and oxygen atoms in total. The lowest BCUT2D eigenvalue weighted by Crippen LogP contribution is -2.07. The molecule has 0 saturated heterocycles. The lowest BCUT2D eigenvalue weighted by molar-refractivity contribution is 0.542. The molecular weight excluding hydrogens is 280 g/mol. The van der Waals surface area contributed by atoms with E-state index in [0.29, 0.717) is 0 Å². The fourth-order valence-corrected chi connectivity index (χ4v) is 2.85. The summed E-state index contributed by atoms with van der Waals surface area (Å²) in [7, 11) is 0. The van der Waals surface area contributed by atoms with Gasteiger partial charge in [0.05, 0.1) is 22.1 Å². The van der Waals surface area contributed by atoms with Crippen molar-refractivity contribution in [3.8, 4) is 10.6 Å². The second kappa shape index (κ2) is 5.11. The molecule has 0 radical (unpaired) electrons. The zero-order valence-corrected chi connectivity index (χ0v) is 11.8. The van der Waals surface area contributed by atoms with Crippen LogP contribution in [0.15, 0.2) is 42.2 Å². The van der Waals surface area contributed by atoms with E-state index in [-0.39, 0.29) is 6.04 Å². The van der Waals surface area contributed by atoms with Crippen LogP contribution in [-0.4, -0.2) is 20.0 Å². The molecule has 3 aromatic rings. The van der Waals surface area contributed by atoms with E-state index in [4.69, 9.17) is 11.6 Å². The van der Waals surface area contributed by atoms with Crippen LogP contribution in [0.2, 0.25) is 5.02 Å². The lowest BCUT2D eigenvalue weighted by Gasteiger charge is -2.10. The highest BCUT2D eigenvalue weighted by atomic mass is 35.5. The predicted molar refractivity (Wildman–Crippen MR) is 76.4 cm³/mol. The standard InChI is InChI=1S/C13H11ClN4S/c1-9(10-2-4-15-5-3-10)18-7-12(16-17-18)13-6-11(14)8-19-13/h2-9H,1H3/t9-/m1/s1. The molecule has 0 bridgehead atoms. The van der Waals surface area contributed by atoms with Gasteiger partial charge in [0.1, 0.15) is 5.69 Å². The molecule has 0 fully saturated rings. The highest BCUT2D eigenvalue weighted by molar-refractivity contribution is 7.14. The number of thiophene rings is 1. The largest absolute Gasteiger partial charge is 0.265 e. The summed E-state index contributed by atoms with van der Waals surface area (Å²) in [5.74, 6) is 0. The van der Waals surface area contributed by atoms with Gasteiger partial charge in [0.2, 0.25) is 0 Å². The van der Waals surface area contributed by atoms with Gasteiger partial charge in [-0.25, -0.2) is 4.68 Å². The summed E-state index contributed by atoms with van der Waals surface area (Å²) in [6, 6.07) is 5.99. The maximum atomic E-state index is 5.92. The first-order chi connectivity index (χ1) is 9.24. The van der Waals surface area contributed by atoms with Crippen LogP contribution in [0.25, 0.3) is 10.6 Å². The summed E-state index contributed by atoms with van der Waals surface area (Å²) in [5, 5.41) is 11.0. The maximum Gasteiger partial charge on any atom is 0.123 e. The van der Waals surface area contributed by atoms with E-state index in [1.54, 1.807) is 23.7 Å². The summed E-state index contributed by atoms with van der Waals surface area (Å²) in [6.07, 6.45) is 5.50. The van der Waals surface area contributed by atoms with Crippen molar-refractivity contribution in [3.63, 3.8) is 0 Å². The van der Waals surface area contributed by atoms with Crippen molar-refractivity contribution in [2.24, 2.45) is 0 Å². The van der Waals surface area contributed by atoms with Crippen molar-refractivity contribution in [1.82, 2.24) is 20.0 Å². The van der Waals surface area contributed by atoms with E-state index in [2.05, 4.69) is 22.2 Å². The first kappa shape index (κ1) is 12.3. The van der Waals surface area contributed by atoms with Gasteiger partial charge in [-0.2, -0.15) is 0 Å². The minimum Gasteiger partial charge on any atom is -0.265 e. The minimum absolute atomic E-state index is 0.125. The monoisotopic (exact) mass is 290 g/mol. The molecule has 0 unspecified atom stereocenters. The Kier molecular flexibility index (Phi) is 3.31. The molecule has 0 aliphatic carbocycles. The van der Waals surface area contributed by atoms with E-state index in [0.717, 1.165) is 21.2 Å². The molecule has 6 heteroatoms. The van der Waals surface area contributed by atoms with E-state index in [1.165, 1.54) is 0 Å². The zero-order valence-electron chi connectivity index (χ0n) is 10.2. The second-order valence-corrected chi connectivity index (χ2v) is 5.52. The summed E-state index contributed by atoms with van der Waals surface area (Å²) < 4.78 is 1.85. The molecule has 0 aliphatic heterocycles. The number of pyridine rings is 1. The zero-order chi connectivity index (χ0) is 13.2.